The van der Waals surface area contributed by atoms with Gasteiger partial charge in [-0.2, -0.15) is 0 Å². The molecule has 0 aliphatic carbocycles. The second-order valence-corrected chi connectivity index (χ2v) is 3.50. The van der Waals surface area contributed by atoms with E-state index >= 15 is 0 Å². The summed E-state index contributed by atoms with van der Waals surface area (Å²) in [5.41, 5.74) is 3.13. The van der Waals surface area contributed by atoms with Gasteiger partial charge >= 0.3 is 0 Å². The van der Waals surface area contributed by atoms with Crippen LogP contribution in [0.4, 0.5) is 11.4 Å². The first-order valence-electron chi connectivity index (χ1n) is 4.94. The lowest BCUT2D eigenvalue weighted by Gasteiger charge is -2.18. The first kappa shape index (κ1) is 9.60. The number of hydrogen-bond donors (Lipinski definition) is 2. The minimum absolute atomic E-state index is 0.411. The van der Waals surface area contributed by atoms with Gasteiger partial charge in [-0.1, -0.05) is 6.07 Å². The highest BCUT2D eigenvalue weighted by atomic mass is 16.1. The fourth-order valence-corrected chi connectivity index (χ4v) is 1.71. The van der Waals surface area contributed by atoms with E-state index in [9.17, 15) is 4.79 Å². The molecule has 2 rings (SSSR count). The van der Waals surface area contributed by atoms with Crippen LogP contribution in [0.1, 0.15) is 12.0 Å². The van der Waals surface area contributed by atoms with Crippen molar-refractivity contribution in [2.45, 2.75) is 12.8 Å². The molecular formula is C12H12N2O. The molecule has 15 heavy (non-hydrogen) atoms. The van der Waals surface area contributed by atoms with Gasteiger partial charge in [0, 0.05) is 17.9 Å². The number of carbonyl (C=O) groups excluding carboxylic acids is 1. The van der Waals surface area contributed by atoms with E-state index in [0.29, 0.717) is 0 Å². The molecule has 1 aliphatic rings. The quantitative estimate of drug-likeness (QED) is 0.676. The lowest BCUT2D eigenvalue weighted by molar-refractivity contribution is -0.111. The van der Waals surface area contributed by atoms with Crippen LogP contribution in [0.3, 0.4) is 0 Å². The first-order chi connectivity index (χ1) is 7.29. The van der Waals surface area contributed by atoms with Crippen LogP contribution in [0.25, 0.3) is 0 Å². The van der Waals surface area contributed by atoms with Crippen molar-refractivity contribution in [3.63, 3.8) is 0 Å². The number of fused-ring (bicyclic) bond motifs is 1. The molecule has 1 aromatic rings. The predicted molar refractivity (Wildman–Crippen MR) is 60.7 cm³/mol. The van der Waals surface area contributed by atoms with Gasteiger partial charge in [0.15, 0.2) is 0 Å². The predicted octanol–water partition coefficient (Wildman–Crippen LogP) is 1.62. The van der Waals surface area contributed by atoms with Gasteiger partial charge in [0.2, 0.25) is 0 Å². The van der Waals surface area contributed by atoms with Crippen molar-refractivity contribution in [3.8, 4) is 12.3 Å². The Balaban J connectivity index is 2.21. The third kappa shape index (κ3) is 2.10. The first-order valence-corrected chi connectivity index (χ1v) is 4.94. The second-order valence-electron chi connectivity index (χ2n) is 3.50. The topological polar surface area (TPSA) is 41.1 Å². The summed E-state index contributed by atoms with van der Waals surface area (Å²) >= 11 is 0. The average Bonchev–Trinajstić information content (AvgIpc) is 2.29. The van der Waals surface area contributed by atoms with Crippen LogP contribution in [0.5, 0.6) is 0 Å². The summed E-state index contributed by atoms with van der Waals surface area (Å²) in [6, 6.07) is 5.82. The molecule has 0 unspecified atom stereocenters. The smallest absolute Gasteiger partial charge is 0.300 e. The molecule has 3 heteroatoms. The standard InChI is InChI=1S/C12H12N2O/c1-2-12(15)14-10-6-5-9-4-3-7-13-11(9)8-10/h1,5-6,8,13H,3-4,7H2,(H,14,15). The van der Waals surface area contributed by atoms with Crippen molar-refractivity contribution in [2.24, 2.45) is 0 Å². The summed E-state index contributed by atoms with van der Waals surface area (Å²) in [7, 11) is 0. The lowest BCUT2D eigenvalue weighted by atomic mass is 10.0. The molecule has 1 heterocycles. The Hall–Kier alpha value is -1.95. The molecule has 0 radical (unpaired) electrons. The maximum absolute atomic E-state index is 11.0. The second kappa shape index (κ2) is 4.05. The maximum Gasteiger partial charge on any atom is 0.300 e. The fraction of sp³-hybridized carbons (Fsp3) is 0.250. The van der Waals surface area contributed by atoms with Gasteiger partial charge in [0.25, 0.3) is 5.91 Å². The van der Waals surface area contributed by atoms with E-state index in [2.05, 4.69) is 10.6 Å². The molecule has 76 valence electrons. The number of anilines is 2. The van der Waals surface area contributed by atoms with Gasteiger partial charge in [0.05, 0.1) is 0 Å². The SMILES string of the molecule is C#CC(=O)Nc1ccc2c(c1)NCCC2. The van der Waals surface area contributed by atoms with Crippen molar-refractivity contribution in [1.29, 1.82) is 0 Å². The Morgan fingerprint density at radius 1 is 1.53 bits per heavy atom. The highest BCUT2D eigenvalue weighted by Crippen LogP contribution is 2.25. The Morgan fingerprint density at radius 2 is 2.40 bits per heavy atom. The van der Waals surface area contributed by atoms with Crippen LogP contribution in [-0.4, -0.2) is 12.5 Å². The van der Waals surface area contributed by atoms with Crippen molar-refractivity contribution >= 4 is 17.3 Å². The van der Waals surface area contributed by atoms with E-state index in [-0.39, 0.29) is 0 Å². The number of terminal acetylenes is 1. The minimum atomic E-state index is -0.411. The molecule has 3 nitrogen and oxygen atoms in total. The molecule has 1 aromatic carbocycles. The number of hydrogen-bond acceptors (Lipinski definition) is 2. The van der Waals surface area contributed by atoms with Crippen LogP contribution in [0.2, 0.25) is 0 Å². The van der Waals surface area contributed by atoms with Crippen molar-refractivity contribution in [1.82, 2.24) is 0 Å². The molecule has 0 fully saturated rings. The Bertz CT molecular complexity index is 432. The van der Waals surface area contributed by atoms with E-state index in [1.165, 1.54) is 5.56 Å². The highest BCUT2D eigenvalue weighted by Gasteiger charge is 2.09. The van der Waals surface area contributed by atoms with Crippen molar-refractivity contribution in [3.05, 3.63) is 23.8 Å². The molecule has 1 amide bonds. The largest absolute Gasteiger partial charge is 0.385 e. The van der Waals surface area contributed by atoms with Crippen LogP contribution in [-0.2, 0) is 11.2 Å². The van der Waals surface area contributed by atoms with Gasteiger partial charge < -0.3 is 10.6 Å². The summed E-state index contributed by atoms with van der Waals surface area (Å²) < 4.78 is 0. The summed E-state index contributed by atoms with van der Waals surface area (Å²) in [6.07, 6.45) is 7.22. The normalized spacial score (nSPS) is 13.3. The molecule has 1 aliphatic heterocycles. The summed E-state index contributed by atoms with van der Waals surface area (Å²) in [6.45, 7) is 0.986. The summed E-state index contributed by atoms with van der Waals surface area (Å²) in [4.78, 5) is 11.0. The van der Waals surface area contributed by atoms with Gasteiger partial charge in [-0.05, 0) is 36.5 Å². The molecular weight excluding hydrogens is 188 g/mol. The Morgan fingerprint density at radius 3 is 3.20 bits per heavy atom. The van der Waals surface area contributed by atoms with E-state index in [0.717, 1.165) is 30.8 Å². The van der Waals surface area contributed by atoms with Gasteiger partial charge in [-0.25, -0.2) is 0 Å². The van der Waals surface area contributed by atoms with E-state index < -0.39 is 5.91 Å². The molecule has 0 saturated carbocycles. The minimum Gasteiger partial charge on any atom is -0.385 e. The van der Waals surface area contributed by atoms with E-state index in [4.69, 9.17) is 6.42 Å². The lowest BCUT2D eigenvalue weighted by Crippen LogP contribution is -2.13. The zero-order chi connectivity index (χ0) is 10.7. The molecule has 0 atom stereocenters. The fourth-order valence-electron chi connectivity index (χ4n) is 1.71. The Kier molecular flexibility index (Phi) is 2.59. The van der Waals surface area contributed by atoms with Crippen LogP contribution in [0, 0.1) is 12.3 Å². The average molecular weight is 200 g/mol. The number of nitrogens with one attached hydrogen (secondary N) is 2. The number of carbonyl (C=O) groups is 1. The zero-order valence-electron chi connectivity index (χ0n) is 8.34. The highest BCUT2D eigenvalue weighted by molar-refractivity contribution is 6.03. The third-order valence-electron chi connectivity index (χ3n) is 2.44. The van der Waals surface area contributed by atoms with E-state index in [1.54, 1.807) is 0 Å². The van der Waals surface area contributed by atoms with Crippen LogP contribution < -0.4 is 10.6 Å². The Labute approximate surface area is 88.9 Å². The summed E-state index contributed by atoms with van der Waals surface area (Å²) in [5, 5.41) is 5.92. The number of benzene rings is 1. The number of rotatable bonds is 1. The van der Waals surface area contributed by atoms with Crippen molar-refractivity contribution in [2.75, 3.05) is 17.2 Å². The molecule has 0 aromatic heterocycles. The third-order valence-corrected chi connectivity index (χ3v) is 2.44. The molecule has 0 saturated heterocycles. The summed E-state index contributed by atoms with van der Waals surface area (Å²) in [5.74, 6) is 1.61. The monoisotopic (exact) mass is 200 g/mol. The van der Waals surface area contributed by atoms with Gasteiger partial charge in [-0.3, -0.25) is 4.79 Å². The molecule has 2 N–H and O–H groups in total. The van der Waals surface area contributed by atoms with Crippen LogP contribution in [0.15, 0.2) is 18.2 Å². The van der Waals surface area contributed by atoms with Crippen LogP contribution >= 0.6 is 0 Å². The van der Waals surface area contributed by atoms with E-state index in [1.807, 2.05) is 24.1 Å². The van der Waals surface area contributed by atoms with Crippen molar-refractivity contribution < 1.29 is 4.79 Å². The molecule has 0 spiro atoms. The number of amides is 1. The maximum atomic E-state index is 11.0. The molecule has 0 bridgehead atoms. The van der Waals surface area contributed by atoms with Gasteiger partial charge in [-0.15, -0.1) is 6.42 Å². The number of aryl methyl sites for hydroxylation is 1. The van der Waals surface area contributed by atoms with Gasteiger partial charge in [0.1, 0.15) is 0 Å². The zero-order valence-corrected chi connectivity index (χ0v) is 8.34.